The maximum atomic E-state index is 12.1. The summed E-state index contributed by atoms with van der Waals surface area (Å²) in [4.78, 5) is 24.2. The van der Waals surface area contributed by atoms with Crippen LogP contribution < -0.4 is 19.5 Å². The molecule has 0 fully saturated rings. The third-order valence-electron chi connectivity index (χ3n) is 3.97. The second-order valence-electron chi connectivity index (χ2n) is 5.88. The number of nitrogens with one attached hydrogen (secondary N) is 2. The van der Waals surface area contributed by atoms with E-state index in [1.54, 1.807) is 25.1 Å². The molecule has 0 saturated heterocycles. The first-order chi connectivity index (χ1) is 13.3. The van der Waals surface area contributed by atoms with Crippen molar-refractivity contribution in [1.82, 2.24) is 4.72 Å². The van der Waals surface area contributed by atoms with E-state index < -0.39 is 28.5 Å². The molecule has 28 heavy (non-hydrogen) atoms. The van der Waals surface area contributed by atoms with Gasteiger partial charge in [-0.2, -0.15) is 0 Å². The van der Waals surface area contributed by atoms with Crippen molar-refractivity contribution in [3.05, 3.63) is 47.5 Å². The molecule has 9 nitrogen and oxygen atoms in total. The van der Waals surface area contributed by atoms with Crippen molar-refractivity contribution < 1.29 is 32.2 Å². The number of esters is 1. The highest BCUT2D eigenvalue weighted by Gasteiger charge is 2.19. The number of sulfonamides is 1. The van der Waals surface area contributed by atoms with E-state index in [0.29, 0.717) is 17.1 Å². The smallest absolute Gasteiger partial charge is 0.338 e. The van der Waals surface area contributed by atoms with E-state index in [1.165, 1.54) is 25.2 Å². The second-order valence-corrected chi connectivity index (χ2v) is 7.74. The average molecular weight is 406 g/mol. The molecule has 0 radical (unpaired) electrons. The first-order valence-corrected chi connectivity index (χ1v) is 9.69. The third kappa shape index (κ3) is 4.24. The number of fused-ring (bicyclic) bond motifs is 1. The summed E-state index contributed by atoms with van der Waals surface area (Å²) in [6.07, 6.45) is 0. The fourth-order valence-electron chi connectivity index (χ4n) is 2.51. The van der Waals surface area contributed by atoms with Gasteiger partial charge in [0, 0.05) is 5.69 Å². The lowest BCUT2D eigenvalue weighted by atomic mass is 10.2. The Bertz CT molecular complexity index is 1030. The molecule has 0 aromatic heterocycles. The Morgan fingerprint density at radius 1 is 1.11 bits per heavy atom. The lowest BCUT2D eigenvalue weighted by Gasteiger charge is -2.11. The van der Waals surface area contributed by atoms with Crippen LogP contribution >= 0.6 is 0 Å². The minimum absolute atomic E-state index is 0.0464. The van der Waals surface area contributed by atoms with Crippen LogP contribution in [0.15, 0.2) is 41.3 Å². The van der Waals surface area contributed by atoms with Gasteiger partial charge >= 0.3 is 5.97 Å². The molecular weight excluding hydrogens is 388 g/mol. The SMILES string of the molecule is CNS(=O)(=O)c1cc(NC(=O)COC(=O)c2ccc3c(c2)OCO3)ccc1C. The molecule has 3 rings (SSSR count). The summed E-state index contributed by atoms with van der Waals surface area (Å²) in [6.45, 7) is 1.19. The summed E-state index contributed by atoms with van der Waals surface area (Å²) < 4.78 is 41.6. The van der Waals surface area contributed by atoms with Crippen molar-refractivity contribution in [3.8, 4) is 11.5 Å². The van der Waals surface area contributed by atoms with Gasteiger partial charge in [0.2, 0.25) is 16.8 Å². The van der Waals surface area contributed by atoms with E-state index >= 15 is 0 Å². The van der Waals surface area contributed by atoms with E-state index in [2.05, 4.69) is 10.0 Å². The van der Waals surface area contributed by atoms with Gasteiger partial charge in [0.1, 0.15) is 0 Å². The fraction of sp³-hybridized carbons (Fsp3) is 0.222. The fourth-order valence-corrected chi connectivity index (χ4v) is 3.51. The zero-order valence-corrected chi connectivity index (χ0v) is 16.0. The number of carbonyl (C=O) groups is 2. The second kappa shape index (κ2) is 7.87. The normalized spacial score (nSPS) is 12.5. The quantitative estimate of drug-likeness (QED) is 0.696. The zero-order valence-electron chi connectivity index (χ0n) is 15.1. The largest absolute Gasteiger partial charge is 0.454 e. The highest BCUT2D eigenvalue weighted by atomic mass is 32.2. The zero-order chi connectivity index (χ0) is 20.3. The third-order valence-corrected chi connectivity index (χ3v) is 5.53. The van der Waals surface area contributed by atoms with Gasteiger partial charge in [0.05, 0.1) is 10.5 Å². The molecule has 0 spiro atoms. The number of benzene rings is 2. The summed E-state index contributed by atoms with van der Waals surface area (Å²) in [5.74, 6) is -0.348. The monoisotopic (exact) mass is 406 g/mol. The Labute approximate surface area is 161 Å². The molecule has 148 valence electrons. The van der Waals surface area contributed by atoms with Gasteiger partial charge < -0.3 is 19.5 Å². The van der Waals surface area contributed by atoms with Crippen LogP contribution in [0.3, 0.4) is 0 Å². The van der Waals surface area contributed by atoms with E-state index in [4.69, 9.17) is 14.2 Å². The maximum Gasteiger partial charge on any atom is 0.338 e. The van der Waals surface area contributed by atoms with Crippen LogP contribution in [0, 0.1) is 6.92 Å². The Morgan fingerprint density at radius 2 is 1.86 bits per heavy atom. The van der Waals surface area contributed by atoms with Gasteiger partial charge in [0.25, 0.3) is 5.91 Å². The molecule has 0 saturated carbocycles. The molecule has 1 aliphatic heterocycles. The summed E-state index contributed by atoms with van der Waals surface area (Å²) in [7, 11) is -2.36. The number of amides is 1. The standard InChI is InChI=1S/C18H18N2O7S/c1-11-3-5-13(8-16(11)28(23,24)19-2)20-17(21)9-25-18(22)12-4-6-14-15(7-12)27-10-26-14/h3-8,19H,9-10H2,1-2H3,(H,20,21). The Hall–Kier alpha value is -3.11. The predicted octanol–water partition coefficient (Wildman–Crippen LogP) is 1.43. The van der Waals surface area contributed by atoms with Crippen LogP contribution in [-0.4, -0.2) is 40.7 Å². The van der Waals surface area contributed by atoms with Crippen LogP contribution in [0.1, 0.15) is 15.9 Å². The van der Waals surface area contributed by atoms with E-state index in [9.17, 15) is 18.0 Å². The first kappa shape index (κ1) is 19.6. The lowest BCUT2D eigenvalue weighted by Crippen LogP contribution is -2.22. The Kier molecular flexibility index (Phi) is 5.52. The molecule has 1 amide bonds. The molecule has 1 heterocycles. The van der Waals surface area contributed by atoms with Crippen molar-refractivity contribution >= 4 is 27.6 Å². The topological polar surface area (TPSA) is 120 Å². The summed E-state index contributed by atoms with van der Waals surface area (Å²) in [5.41, 5.74) is 1.01. The van der Waals surface area contributed by atoms with Crippen LogP contribution in [0.2, 0.25) is 0 Å². The van der Waals surface area contributed by atoms with Crippen LogP contribution in [0.5, 0.6) is 11.5 Å². The first-order valence-electron chi connectivity index (χ1n) is 8.21. The van der Waals surface area contributed by atoms with Crippen LogP contribution in [-0.2, 0) is 19.6 Å². The number of ether oxygens (including phenoxy) is 3. The molecule has 2 N–H and O–H groups in total. The van der Waals surface area contributed by atoms with Gasteiger partial charge in [-0.25, -0.2) is 17.9 Å². The number of carbonyl (C=O) groups excluding carboxylic acids is 2. The number of anilines is 1. The molecule has 0 bridgehead atoms. The van der Waals surface area contributed by atoms with Gasteiger partial charge in [-0.05, 0) is 49.9 Å². The van der Waals surface area contributed by atoms with Crippen molar-refractivity contribution in [3.63, 3.8) is 0 Å². The highest BCUT2D eigenvalue weighted by molar-refractivity contribution is 7.89. The molecule has 1 aliphatic rings. The molecule has 0 aliphatic carbocycles. The lowest BCUT2D eigenvalue weighted by molar-refractivity contribution is -0.119. The number of rotatable bonds is 6. The summed E-state index contributed by atoms with van der Waals surface area (Å²) >= 11 is 0. The van der Waals surface area contributed by atoms with E-state index in [1.807, 2.05) is 0 Å². The Morgan fingerprint density at radius 3 is 2.61 bits per heavy atom. The van der Waals surface area contributed by atoms with E-state index in [-0.39, 0.29) is 22.9 Å². The molecule has 2 aromatic carbocycles. The molecule has 10 heteroatoms. The van der Waals surface area contributed by atoms with Gasteiger partial charge in [0.15, 0.2) is 18.1 Å². The van der Waals surface area contributed by atoms with Crippen molar-refractivity contribution in [1.29, 1.82) is 0 Å². The Balaban J connectivity index is 1.62. The van der Waals surface area contributed by atoms with Gasteiger partial charge in [-0.1, -0.05) is 6.07 Å². The van der Waals surface area contributed by atoms with Crippen LogP contribution in [0.25, 0.3) is 0 Å². The average Bonchev–Trinajstić information content (AvgIpc) is 3.15. The van der Waals surface area contributed by atoms with Crippen LogP contribution in [0.4, 0.5) is 5.69 Å². The minimum atomic E-state index is -3.66. The molecule has 0 unspecified atom stereocenters. The number of aryl methyl sites for hydroxylation is 1. The number of hydrogen-bond donors (Lipinski definition) is 2. The van der Waals surface area contributed by atoms with Gasteiger partial charge in [-0.15, -0.1) is 0 Å². The van der Waals surface area contributed by atoms with E-state index in [0.717, 1.165) is 0 Å². The van der Waals surface area contributed by atoms with Crippen molar-refractivity contribution in [2.45, 2.75) is 11.8 Å². The minimum Gasteiger partial charge on any atom is -0.454 e. The highest BCUT2D eigenvalue weighted by Crippen LogP contribution is 2.32. The molecule has 2 aromatic rings. The maximum absolute atomic E-state index is 12.1. The van der Waals surface area contributed by atoms with Crippen molar-refractivity contribution in [2.75, 3.05) is 25.8 Å². The van der Waals surface area contributed by atoms with Crippen molar-refractivity contribution in [2.24, 2.45) is 0 Å². The van der Waals surface area contributed by atoms with Gasteiger partial charge in [-0.3, -0.25) is 4.79 Å². The predicted molar refractivity (Wildman–Crippen MR) is 98.9 cm³/mol. The summed E-state index contributed by atoms with van der Waals surface area (Å²) in [6, 6.07) is 9.01. The molecule has 0 atom stereocenters. The summed E-state index contributed by atoms with van der Waals surface area (Å²) in [5, 5.41) is 2.50. The molecular formula is C18H18N2O7S. The number of hydrogen-bond acceptors (Lipinski definition) is 7.